The molecule has 2 unspecified atom stereocenters. The van der Waals surface area contributed by atoms with Gasteiger partial charge in [0.25, 0.3) is 0 Å². The zero-order valence-electron chi connectivity index (χ0n) is 12.6. The molecular weight excluding hydrogens is 254 g/mol. The third-order valence-corrected chi connectivity index (χ3v) is 3.96. The summed E-state index contributed by atoms with van der Waals surface area (Å²) in [6.07, 6.45) is 2.66. The van der Waals surface area contributed by atoms with Crippen molar-refractivity contribution in [2.45, 2.75) is 32.4 Å². The number of benzene rings is 1. The second kappa shape index (κ2) is 7.50. The number of methoxy groups -OCH3 is 2. The monoisotopic (exact) mass is 279 g/mol. The molecule has 1 aromatic rings. The van der Waals surface area contributed by atoms with Crippen LogP contribution in [0, 0.1) is 5.92 Å². The van der Waals surface area contributed by atoms with Gasteiger partial charge in [0.05, 0.1) is 20.3 Å². The summed E-state index contributed by atoms with van der Waals surface area (Å²) in [5.74, 6) is 2.22. The molecule has 2 atom stereocenters. The first-order valence-corrected chi connectivity index (χ1v) is 7.32. The quantitative estimate of drug-likeness (QED) is 0.833. The van der Waals surface area contributed by atoms with Gasteiger partial charge in [-0.05, 0) is 24.8 Å². The van der Waals surface area contributed by atoms with Crippen molar-refractivity contribution in [3.05, 3.63) is 23.8 Å². The first-order chi connectivity index (χ1) is 9.80. The summed E-state index contributed by atoms with van der Waals surface area (Å²) in [6.45, 7) is 4.85. The van der Waals surface area contributed by atoms with Gasteiger partial charge >= 0.3 is 0 Å². The molecule has 1 aliphatic heterocycles. The Labute approximate surface area is 121 Å². The van der Waals surface area contributed by atoms with Crippen LogP contribution in [-0.2, 0) is 11.3 Å². The molecule has 0 saturated carbocycles. The van der Waals surface area contributed by atoms with E-state index in [1.165, 1.54) is 0 Å². The van der Waals surface area contributed by atoms with E-state index in [4.69, 9.17) is 14.2 Å². The lowest BCUT2D eigenvalue weighted by Gasteiger charge is -2.18. The Hall–Kier alpha value is -1.26. The molecule has 0 spiro atoms. The van der Waals surface area contributed by atoms with Crippen LogP contribution in [0.5, 0.6) is 11.5 Å². The fourth-order valence-corrected chi connectivity index (χ4v) is 2.86. The van der Waals surface area contributed by atoms with Gasteiger partial charge in [0.2, 0.25) is 0 Å². The average molecular weight is 279 g/mol. The first-order valence-electron chi connectivity index (χ1n) is 7.32. The first kappa shape index (κ1) is 15.1. The van der Waals surface area contributed by atoms with Gasteiger partial charge in [-0.2, -0.15) is 0 Å². The minimum Gasteiger partial charge on any atom is -0.493 e. The zero-order valence-corrected chi connectivity index (χ0v) is 12.6. The van der Waals surface area contributed by atoms with Crippen LogP contribution in [-0.4, -0.2) is 33.5 Å². The third-order valence-electron chi connectivity index (χ3n) is 3.96. The normalized spacial score (nSPS) is 21.9. The maximum absolute atomic E-state index is 5.71. The molecule has 4 heteroatoms. The molecule has 112 valence electrons. The molecule has 4 nitrogen and oxygen atoms in total. The molecule has 0 aromatic heterocycles. The molecule has 1 aromatic carbocycles. The summed E-state index contributed by atoms with van der Waals surface area (Å²) < 4.78 is 16.5. The highest BCUT2D eigenvalue weighted by Gasteiger charge is 2.26. The number of rotatable bonds is 7. The molecule has 0 bridgehead atoms. The van der Waals surface area contributed by atoms with Crippen molar-refractivity contribution in [1.29, 1.82) is 0 Å². The number of para-hydroxylation sites is 1. The van der Waals surface area contributed by atoms with Crippen molar-refractivity contribution in [1.82, 2.24) is 5.32 Å². The Kier molecular flexibility index (Phi) is 5.68. The fraction of sp³-hybridized carbons (Fsp3) is 0.625. The van der Waals surface area contributed by atoms with Crippen molar-refractivity contribution >= 4 is 0 Å². The van der Waals surface area contributed by atoms with E-state index in [1.807, 2.05) is 12.1 Å². The second-order valence-corrected chi connectivity index (χ2v) is 5.15. The van der Waals surface area contributed by atoms with Gasteiger partial charge in [0.1, 0.15) is 0 Å². The molecule has 1 aliphatic rings. The van der Waals surface area contributed by atoms with E-state index in [0.29, 0.717) is 12.0 Å². The van der Waals surface area contributed by atoms with E-state index in [9.17, 15) is 0 Å². The lowest BCUT2D eigenvalue weighted by atomic mass is 9.99. The Bertz CT molecular complexity index is 422. The van der Waals surface area contributed by atoms with Crippen LogP contribution in [0.4, 0.5) is 0 Å². The van der Waals surface area contributed by atoms with Crippen LogP contribution < -0.4 is 14.8 Å². The van der Waals surface area contributed by atoms with E-state index in [-0.39, 0.29) is 0 Å². The number of hydrogen-bond acceptors (Lipinski definition) is 4. The van der Waals surface area contributed by atoms with Gasteiger partial charge in [-0.3, -0.25) is 0 Å². The lowest BCUT2D eigenvalue weighted by molar-refractivity contribution is 0.0872. The van der Waals surface area contributed by atoms with Crippen LogP contribution in [0.2, 0.25) is 0 Å². The van der Waals surface area contributed by atoms with E-state index < -0.39 is 0 Å². The van der Waals surface area contributed by atoms with E-state index in [2.05, 4.69) is 18.3 Å². The van der Waals surface area contributed by atoms with E-state index in [0.717, 1.165) is 49.6 Å². The largest absolute Gasteiger partial charge is 0.493 e. The Morgan fingerprint density at radius 1 is 1.30 bits per heavy atom. The fourth-order valence-electron chi connectivity index (χ4n) is 2.86. The summed E-state index contributed by atoms with van der Waals surface area (Å²) >= 11 is 0. The lowest BCUT2D eigenvalue weighted by Crippen LogP contribution is -2.28. The summed E-state index contributed by atoms with van der Waals surface area (Å²) in [5, 5.41) is 3.52. The molecule has 0 amide bonds. The van der Waals surface area contributed by atoms with Crippen LogP contribution in [0.3, 0.4) is 0 Å². The summed E-state index contributed by atoms with van der Waals surface area (Å²) in [6, 6.07) is 5.98. The maximum Gasteiger partial charge on any atom is 0.165 e. The average Bonchev–Trinajstić information content (AvgIpc) is 2.94. The van der Waals surface area contributed by atoms with E-state index in [1.54, 1.807) is 14.2 Å². The van der Waals surface area contributed by atoms with Gasteiger partial charge in [-0.1, -0.05) is 19.1 Å². The van der Waals surface area contributed by atoms with Crippen LogP contribution in [0.15, 0.2) is 18.2 Å². The summed E-state index contributed by atoms with van der Waals surface area (Å²) in [5.41, 5.74) is 1.12. The standard InChI is InChI=1S/C16H25NO3/c1-4-14-12(8-9-20-14)10-17-11-13-6-5-7-15(18-2)16(13)19-3/h5-7,12,14,17H,4,8-11H2,1-3H3. The third kappa shape index (κ3) is 3.44. The van der Waals surface area contributed by atoms with Crippen molar-refractivity contribution in [3.63, 3.8) is 0 Å². The minimum atomic E-state index is 0.412. The summed E-state index contributed by atoms with van der Waals surface area (Å²) in [4.78, 5) is 0. The number of ether oxygens (including phenoxy) is 3. The second-order valence-electron chi connectivity index (χ2n) is 5.15. The SMILES string of the molecule is CCC1OCCC1CNCc1cccc(OC)c1OC. The van der Waals surface area contributed by atoms with Gasteiger partial charge in [-0.15, -0.1) is 0 Å². The van der Waals surface area contributed by atoms with Crippen molar-refractivity contribution in [2.75, 3.05) is 27.4 Å². The minimum absolute atomic E-state index is 0.412. The predicted molar refractivity (Wildman–Crippen MR) is 79.4 cm³/mol. The van der Waals surface area contributed by atoms with Crippen LogP contribution in [0.25, 0.3) is 0 Å². The van der Waals surface area contributed by atoms with Gasteiger partial charge < -0.3 is 19.5 Å². The van der Waals surface area contributed by atoms with Gasteiger partial charge in [0, 0.05) is 25.3 Å². The summed E-state index contributed by atoms with van der Waals surface area (Å²) in [7, 11) is 3.34. The number of hydrogen-bond donors (Lipinski definition) is 1. The molecular formula is C16H25NO3. The Morgan fingerprint density at radius 3 is 2.85 bits per heavy atom. The highest BCUT2D eigenvalue weighted by atomic mass is 16.5. The molecule has 0 aliphatic carbocycles. The molecule has 20 heavy (non-hydrogen) atoms. The smallest absolute Gasteiger partial charge is 0.165 e. The zero-order chi connectivity index (χ0) is 14.4. The van der Waals surface area contributed by atoms with Crippen LogP contribution in [0.1, 0.15) is 25.3 Å². The molecule has 2 rings (SSSR count). The topological polar surface area (TPSA) is 39.7 Å². The highest BCUT2D eigenvalue weighted by Crippen LogP contribution is 2.30. The molecule has 1 fully saturated rings. The molecule has 1 heterocycles. The van der Waals surface area contributed by atoms with Crippen molar-refractivity contribution in [2.24, 2.45) is 5.92 Å². The van der Waals surface area contributed by atoms with Gasteiger partial charge in [-0.25, -0.2) is 0 Å². The van der Waals surface area contributed by atoms with E-state index >= 15 is 0 Å². The molecule has 0 radical (unpaired) electrons. The molecule has 1 saturated heterocycles. The maximum atomic E-state index is 5.71. The van der Waals surface area contributed by atoms with Gasteiger partial charge in [0.15, 0.2) is 11.5 Å². The Balaban J connectivity index is 1.91. The Morgan fingerprint density at radius 2 is 2.15 bits per heavy atom. The van der Waals surface area contributed by atoms with Crippen molar-refractivity contribution in [3.8, 4) is 11.5 Å². The molecule has 1 N–H and O–H groups in total. The van der Waals surface area contributed by atoms with Crippen LogP contribution >= 0.6 is 0 Å². The highest BCUT2D eigenvalue weighted by molar-refractivity contribution is 5.46. The van der Waals surface area contributed by atoms with Crippen molar-refractivity contribution < 1.29 is 14.2 Å². The predicted octanol–water partition coefficient (Wildman–Crippen LogP) is 2.61. The number of nitrogens with one attached hydrogen (secondary N) is 1.